The van der Waals surface area contributed by atoms with Crippen molar-refractivity contribution in [2.24, 2.45) is 0 Å². The number of hydrogen-bond acceptors (Lipinski definition) is 2. The summed E-state index contributed by atoms with van der Waals surface area (Å²) in [4.78, 5) is 8.93. The highest BCUT2D eigenvalue weighted by molar-refractivity contribution is 5.07. The maximum Gasteiger partial charge on any atom is 0.111 e. The van der Waals surface area contributed by atoms with E-state index in [-0.39, 0.29) is 0 Å². The van der Waals surface area contributed by atoms with E-state index in [9.17, 15) is 0 Å². The van der Waals surface area contributed by atoms with Gasteiger partial charge in [-0.2, -0.15) is 0 Å². The fourth-order valence-electron chi connectivity index (χ4n) is 2.93. The number of unbranched alkanes of at least 4 members (excludes halogenated alkanes) is 3. The number of hydrogen-bond donors (Lipinski definition) is 0. The van der Waals surface area contributed by atoms with Crippen LogP contribution in [0.3, 0.4) is 0 Å². The molecule has 0 spiro atoms. The highest BCUT2D eigenvalue weighted by Gasteiger charge is 2.14. The minimum atomic E-state index is 0.425. The minimum Gasteiger partial charge on any atom is -0.335 e. The van der Waals surface area contributed by atoms with E-state index < -0.39 is 0 Å². The van der Waals surface area contributed by atoms with Crippen molar-refractivity contribution in [1.29, 1.82) is 0 Å². The summed E-state index contributed by atoms with van der Waals surface area (Å²) in [7, 11) is 0. The maximum atomic E-state index is 4.59. The Morgan fingerprint density at radius 2 is 1.82 bits per heavy atom. The average Bonchev–Trinajstić information content (AvgIpc) is 3.15. The van der Waals surface area contributed by atoms with E-state index in [4.69, 9.17) is 0 Å². The third-order valence-corrected chi connectivity index (χ3v) is 4.26. The fraction of sp³-hybridized carbons (Fsp3) is 0.667. The Kier molecular flexibility index (Phi) is 6.69. The van der Waals surface area contributed by atoms with Gasteiger partial charge in [-0.15, -0.1) is 0 Å². The molecule has 2 aromatic rings. The second-order valence-corrected chi connectivity index (χ2v) is 6.22. The lowest BCUT2D eigenvalue weighted by molar-refractivity contribution is 0.542. The van der Waals surface area contributed by atoms with Crippen LogP contribution in [0.15, 0.2) is 24.9 Å². The van der Waals surface area contributed by atoms with Gasteiger partial charge in [0, 0.05) is 43.3 Å². The molecule has 0 bridgehead atoms. The van der Waals surface area contributed by atoms with E-state index in [1.807, 2.05) is 18.7 Å². The molecule has 0 fully saturated rings. The third-order valence-electron chi connectivity index (χ3n) is 4.26. The Hall–Kier alpha value is -1.58. The van der Waals surface area contributed by atoms with E-state index in [2.05, 4.69) is 46.1 Å². The van der Waals surface area contributed by atoms with Crippen LogP contribution in [0.4, 0.5) is 0 Å². The van der Waals surface area contributed by atoms with Crippen molar-refractivity contribution in [1.82, 2.24) is 19.1 Å². The molecule has 0 aliphatic carbocycles. The lowest BCUT2D eigenvalue weighted by atomic mass is 10.0. The average molecular weight is 302 g/mol. The molecule has 4 nitrogen and oxygen atoms in total. The van der Waals surface area contributed by atoms with Crippen molar-refractivity contribution < 1.29 is 0 Å². The topological polar surface area (TPSA) is 35.6 Å². The summed E-state index contributed by atoms with van der Waals surface area (Å²) >= 11 is 0. The van der Waals surface area contributed by atoms with E-state index in [0.29, 0.717) is 5.92 Å². The summed E-state index contributed by atoms with van der Waals surface area (Å²) < 4.78 is 4.62. The molecule has 0 N–H and O–H groups in total. The van der Waals surface area contributed by atoms with Gasteiger partial charge in [0.05, 0.1) is 6.33 Å². The minimum absolute atomic E-state index is 0.425. The number of imidazole rings is 2. The van der Waals surface area contributed by atoms with Crippen LogP contribution in [0.1, 0.15) is 70.3 Å². The van der Waals surface area contributed by atoms with Crippen LogP contribution in [0.2, 0.25) is 0 Å². The molecule has 4 heteroatoms. The standard InChI is InChI=1S/C18H30N4/c1-4-6-8-11-22-15-19-14-17(22)13-16(3)18-20-9-12-21(18)10-7-5-2/h9,12,14-16H,4-8,10-11,13H2,1-3H3. The predicted octanol–water partition coefficient (Wildman–Crippen LogP) is 4.42. The van der Waals surface area contributed by atoms with E-state index in [1.54, 1.807) is 0 Å². The van der Waals surface area contributed by atoms with Gasteiger partial charge in [0.15, 0.2) is 0 Å². The van der Waals surface area contributed by atoms with Crippen LogP contribution in [-0.4, -0.2) is 19.1 Å². The van der Waals surface area contributed by atoms with Gasteiger partial charge in [0.2, 0.25) is 0 Å². The predicted molar refractivity (Wildman–Crippen MR) is 91.0 cm³/mol. The van der Waals surface area contributed by atoms with Crippen molar-refractivity contribution in [3.05, 3.63) is 36.4 Å². The molecule has 2 rings (SSSR count). The molecule has 0 aliphatic heterocycles. The molecular weight excluding hydrogens is 272 g/mol. The third kappa shape index (κ3) is 4.46. The van der Waals surface area contributed by atoms with Crippen molar-refractivity contribution >= 4 is 0 Å². The highest BCUT2D eigenvalue weighted by Crippen LogP contribution is 2.20. The summed E-state index contributed by atoms with van der Waals surface area (Å²) in [5, 5.41) is 0. The molecule has 122 valence electrons. The Morgan fingerprint density at radius 3 is 2.59 bits per heavy atom. The Morgan fingerprint density at radius 1 is 1.05 bits per heavy atom. The normalized spacial score (nSPS) is 12.7. The van der Waals surface area contributed by atoms with E-state index in [1.165, 1.54) is 43.6 Å². The van der Waals surface area contributed by atoms with Gasteiger partial charge in [0.25, 0.3) is 0 Å². The van der Waals surface area contributed by atoms with Gasteiger partial charge in [-0.3, -0.25) is 0 Å². The smallest absolute Gasteiger partial charge is 0.111 e. The Balaban J connectivity index is 1.98. The first kappa shape index (κ1) is 16.8. The van der Waals surface area contributed by atoms with Crippen molar-refractivity contribution in [2.45, 2.75) is 78.3 Å². The van der Waals surface area contributed by atoms with Crippen molar-refractivity contribution in [2.75, 3.05) is 0 Å². The molecule has 0 saturated carbocycles. The van der Waals surface area contributed by atoms with Crippen molar-refractivity contribution in [3.8, 4) is 0 Å². The second-order valence-electron chi connectivity index (χ2n) is 6.22. The van der Waals surface area contributed by atoms with Crippen molar-refractivity contribution in [3.63, 3.8) is 0 Å². The zero-order valence-electron chi connectivity index (χ0n) is 14.3. The van der Waals surface area contributed by atoms with Gasteiger partial charge in [0.1, 0.15) is 5.82 Å². The molecule has 0 aromatic carbocycles. The van der Waals surface area contributed by atoms with Gasteiger partial charge in [-0.1, -0.05) is 40.0 Å². The van der Waals surface area contributed by atoms with E-state index in [0.717, 1.165) is 19.5 Å². The van der Waals surface area contributed by atoms with Crippen LogP contribution >= 0.6 is 0 Å². The molecule has 22 heavy (non-hydrogen) atoms. The first-order valence-corrected chi connectivity index (χ1v) is 8.76. The molecule has 0 amide bonds. The molecule has 2 aromatic heterocycles. The second kappa shape index (κ2) is 8.76. The molecule has 1 unspecified atom stereocenters. The zero-order chi connectivity index (χ0) is 15.8. The number of nitrogens with zero attached hydrogens (tertiary/aromatic N) is 4. The molecule has 2 heterocycles. The molecule has 1 atom stereocenters. The van der Waals surface area contributed by atoms with Gasteiger partial charge in [-0.05, 0) is 19.3 Å². The number of aryl methyl sites for hydroxylation is 2. The SMILES string of the molecule is CCCCCn1cncc1CC(C)c1nccn1CCCC. The maximum absolute atomic E-state index is 4.59. The van der Waals surface area contributed by atoms with Crippen LogP contribution in [0.25, 0.3) is 0 Å². The summed E-state index contributed by atoms with van der Waals surface area (Å²) in [5.74, 6) is 1.63. The van der Waals surface area contributed by atoms with Crippen LogP contribution in [0, 0.1) is 0 Å². The lowest BCUT2D eigenvalue weighted by Crippen LogP contribution is -2.11. The summed E-state index contributed by atoms with van der Waals surface area (Å²) in [6, 6.07) is 0. The van der Waals surface area contributed by atoms with Crippen LogP contribution < -0.4 is 0 Å². The van der Waals surface area contributed by atoms with Gasteiger partial charge in [-0.25, -0.2) is 9.97 Å². The molecule has 0 radical (unpaired) electrons. The molecule has 0 saturated heterocycles. The Labute approximate surface area is 134 Å². The lowest BCUT2D eigenvalue weighted by Gasteiger charge is -2.15. The molecule has 0 aliphatic rings. The first-order chi connectivity index (χ1) is 10.8. The summed E-state index contributed by atoms with van der Waals surface area (Å²) in [6.45, 7) is 8.90. The highest BCUT2D eigenvalue weighted by atomic mass is 15.1. The quantitative estimate of drug-likeness (QED) is 0.609. The van der Waals surface area contributed by atoms with Crippen LogP contribution in [-0.2, 0) is 19.5 Å². The largest absolute Gasteiger partial charge is 0.335 e. The fourth-order valence-corrected chi connectivity index (χ4v) is 2.93. The summed E-state index contributed by atoms with van der Waals surface area (Å²) in [5.41, 5.74) is 1.33. The van der Waals surface area contributed by atoms with Gasteiger partial charge >= 0.3 is 0 Å². The monoisotopic (exact) mass is 302 g/mol. The van der Waals surface area contributed by atoms with E-state index >= 15 is 0 Å². The zero-order valence-corrected chi connectivity index (χ0v) is 14.3. The number of aromatic nitrogens is 4. The Bertz CT molecular complexity index is 541. The summed E-state index contributed by atoms with van der Waals surface area (Å²) in [6.07, 6.45) is 15.3. The number of rotatable bonds is 10. The molecular formula is C18H30N4. The van der Waals surface area contributed by atoms with Crippen LogP contribution in [0.5, 0.6) is 0 Å². The first-order valence-electron chi connectivity index (χ1n) is 8.76. The van der Waals surface area contributed by atoms with Gasteiger partial charge < -0.3 is 9.13 Å².